The number of ether oxygens (including phenoxy) is 1. The van der Waals surface area contributed by atoms with Crippen LogP contribution >= 0.6 is 0 Å². The average Bonchev–Trinajstić information content (AvgIpc) is 2.74. The van der Waals surface area contributed by atoms with E-state index in [0.717, 1.165) is 29.4 Å². The van der Waals surface area contributed by atoms with Crippen molar-refractivity contribution in [2.45, 2.75) is 20.3 Å². The second kappa shape index (κ2) is 5.45. The molecule has 0 spiro atoms. The molecule has 2 rings (SSSR count). The first-order chi connectivity index (χ1) is 8.99. The van der Waals surface area contributed by atoms with Crippen LogP contribution in [0.4, 0.5) is 0 Å². The summed E-state index contributed by atoms with van der Waals surface area (Å²) in [6.07, 6.45) is 2.93. The number of likely N-dealkylation sites (N-methyl/N-ethyl adjacent to an activating group) is 1. The molecule has 0 unspecified atom stereocenters. The number of nitrogens with zero attached hydrogens (tertiary/aromatic N) is 1. The molecule has 0 aliphatic heterocycles. The molecule has 0 aliphatic carbocycles. The van der Waals surface area contributed by atoms with Crippen molar-refractivity contribution >= 4 is 16.9 Å². The van der Waals surface area contributed by atoms with Crippen LogP contribution in [0.15, 0.2) is 18.3 Å². The summed E-state index contributed by atoms with van der Waals surface area (Å²) >= 11 is 0. The Bertz CT molecular complexity index is 599. The van der Waals surface area contributed by atoms with Gasteiger partial charge in [0.2, 0.25) is 0 Å². The van der Waals surface area contributed by atoms with Crippen molar-refractivity contribution in [3.63, 3.8) is 0 Å². The van der Waals surface area contributed by atoms with Crippen LogP contribution in [0.2, 0.25) is 0 Å². The van der Waals surface area contributed by atoms with Gasteiger partial charge in [-0.15, -0.1) is 0 Å². The van der Waals surface area contributed by atoms with E-state index in [2.05, 4.69) is 9.88 Å². The topological polar surface area (TPSA) is 45.3 Å². The standard InChI is InChI=1S/C15H20N2O2/c1-10-5-6-13(19-11(2)18)14-12(7-8-17(3)4)9-16-15(10)14/h5-6,9,16H,7-8H2,1-4H3. The first-order valence-electron chi connectivity index (χ1n) is 6.41. The highest BCUT2D eigenvalue weighted by Crippen LogP contribution is 2.31. The van der Waals surface area contributed by atoms with Gasteiger partial charge in [-0.25, -0.2) is 0 Å². The van der Waals surface area contributed by atoms with E-state index in [1.54, 1.807) is 0 Å². The molecule has 0 aliphatic rings. The van der Waals surface area contributed by atoms with Crippen molar-refractivity contribution in [1.29, 1.82) is 0 Å². The minimum atomic E-state index is -0.287. The van der Waals surface area contributed by atoms with Crippen molar-refractivity contribution in [3.8, 4) is 5.75 Å². The number of hydrogen-bond donors (Lipinski definition) is 1. The number of carbonyl (C=O) groups excluding carboxylic acids is 1. The molecule has 4 heteroatoms. The minimum absolute atomic E-state index is 0.287. The Morgan fingerprint density at radius 1 is 1.37 bits per heavy atom. The molecule has 1 heterocycles. The van der Waals surface area contributed by atoms with Gasteiger partial charge in [0.1, 0.15) is 5.75 Å². The molecule has 0 fully saturated rings. The van der Waals surface area contributed by atoms with Crippen molar-refractivity contribution < 1.29 is 9.53 Å². The van der Waals surface area contributed by atoms with E-state index in [-0.39, 0.29) is 5.97 Å². The van der Waals surface area contributed by atoms with Crippen molar-refractivity contribution in [3.05, 3.63) is 29.5 Å². The fourth-order valence-corrected chi connectivity index (χ4v) is 2.21. The molecule has 0 bridgehead atoms. The molecule has 0 amide bonds. The number of H-pyrrole nitrogens is 1. The molecule has 102 valence electrons. The van der Waals surface area contributed by atoms with Crippen LogP contribution in [0.3, 0.4) is 0 Å². The number of carbonyl (C=O) groups is 1. The van der Waals surface area contributed by atoms with Gasteiger partial charge in [0.15, 0.2) is 0 Å². The Hall–Kier alpha value is -1.81. The highest BCUT2D eigenvalue weighted by Gasteiger charge is 2.13. The third-order valence-corrected chi connectivity index (χ3v) is 3.17. The van der Waals surface area contributed by atoms with Crippen LogP contribution in [0.25, 0.3) is 10.9 Å². The summed E-state index contributed by atoms with van der Waals surface area (Å²) in [4.78, 5) is 16.6. The number of benzene rings is 1. The average molecular weight is 260 g/mol. The normalized spacial score (nSPS) is 11.2. The fraction of sp³-hybridized carbons (Fsp3) is 0.400. The first kappa shape index (κ1) is 13.6. The number of aryl methyl sites for hydroxylation is 1. The summed E-state index contributed by atoms with van der Waals surface area (Å²) in [6.45, 7) is 4.43. The number of aromatic amines is 1. The highest BCUT2D eigenvalue weighted by molar-refractivity contribution is 5.93. The largest absolute Gasteiger partial charge is 0.426 e. The quantitative estimate of drug-likeness (QED) is 0.678. The molecule has 0 atom stereocenters. The fourth-order valence-electron chi connectivity index (χ4n) is 2.21. The Balaban J connectivity index is 2.47. The molecular weight excluding hydrogens is 240 g/mol. The zero-order valence-corrected chi connectivity index (χ0v) is 11.9. The van der Waals surface area contributed by atoms with Gasteiger partial charge in [-0.3, -0.25) is 4.79 Å². The molecule has 2 aromatic rings. The maximum atomic E-state index is 11.2. The van der Waals surface area contributed by atoms with E-state index in [1.165, 1.54) is 12.5 Å². The van der Waals surface area contributed by atoms with Crippen LogP contribution in [-0.2, 0) is 11.2 Å². The number of aromatic nitrogens is 1. The van der Waals surface area contributed by atoms with Gasteiger partial charge in [-0.1, -0.05) is 6.07 Å². The van der Waals surface area contributed by atoms with E-state index in [9.17, 15) is 4.79 Å². The smallest absolute Gasteiger partial charge is 0.308 e. The highest BCUT2D eigenvalue weighted by atomic mass is 16.5. The summed E-state index contributed by atoms with van der Waals surface area (Å²) in [7, 11) is 4.10. The van der Waals surface area contributed by atoms with Gasteiger partial charge in [-0.2, -0.15) is 0 Å². The Kier molecular flexibility index (Phi) is 3.90. The summed E-state index contributed by atoms with van der Waals surface area (Å²) < 4.78 is 5.32. The number of nitrogens with one attached hydrogen (secondary N) is 1. The lowest BCUT2D eigenvalue weighted by Gasteiger charge is -2.10. The monoisotopic (exact) mass is 260 g/mol. The molecule has 19 heavy (non-hydrogen) atoms. The lowest BCUT2D eigenvalue weighted by Crippen LogP contribution is -2.15. The third-order valence-electron chi connectivity index (χ3n) is 3.17. The molecule has 0 saturated heterocycles. The molecule has 1 aromatic heterocycles. The lowest BCUT2D eigenvalue weighted by molar-refractivity contribution is -0.131. The molecule has 1 N–H and O–H groups in total. The Morgan fingerprint density at radius 2 is 2.11 bits per heavy atom. The predicted octanol–water partition coefficient (Wildman–Crippen LogP) is 2.51. The van der Waals surface area contributed by atoms with Crippen LogP contribution in [0, 0.1) is 6.92 Å². The van der Waals surface area contributed by atoms with E-state index in [0.29, 0.717) is 5.75 Å². The number of fused-ring (bicyclic) bond motifs is 1. The van der Waals surface area contributed by atoms with Crippen LogP contribution < -0.4 is 4.74 Å². The number of esters is 1. The maximum absolute atomic E-state index is 11.2. The summed E-state index contributed by atoms with van der Waals surface area (Å²) in [6, 6.07) is 3.83. The molecule has 0 saturated carbocycles. The zero-order valence-electron chi connectivity index (χ0n) is 11.9. The first-order valence-corrected chi connectivity index (χ1v) is 6.41. The van der Waals surface area contributed by atoms with Gasteiger partial charge in [0.05, 0.1) is 5.52 Å². The lowest BCUT2D eigenvalue weighted by atomic mass is 10.1. The molecule has 4 nitrogen and oxygen atoms in total. The second-order valence-electron chi connectivity index (χ2n) is 5.09. The van der Waals surface area contributed by atoms with Gasteiger partial charge in [0, 0.05) is 25.1 Å². The Labute approximate surface area is 113 Å². The van der Waals surface area contributed by atoms with Crippen molar-refractivity contribution in [1.82, 2.24) is 9.88 Å². The van der Waals surface area contributed by atoms with Crippen molar-refractivity contribution in [2.75, 3.05) is 20.6 Å². The summed E-state index contributed by atoms with van der Waals surface area (Å²) in [5.41, 5.74) is 3.39. The van der Waals surface area contributed by atoms with Crippen LogP contribution in [0.5, 0.6) is 5.75 Å². The van der Waals surface area contributed by atoms with E-state index in [1.807, 2.05) is 39.3 Å². The predicted molar refractivity (Wildman–Crippen MR) is 76.6 cm³/mol. The van der Waals surface area contributed by atoms with E-state index in [4.69, 9.17) is 4.74 Å². The molecule has 0 radical (unpaired) electrons. The number of rotatable bonds is 4. The van der Waals surface area contributed by atoms with Crippen LogP contribution in [0.1, 0.15) is 18.1 Å². The minimum Gasteiger partial charge on any atom is -0.426 e. The summed E-state index contributed by atoms with van der Waals surface area (Å²) in [5.74, 6) is 0.355. The van der Waals surface area contributed by atoms with Crippen LogP contribution in [-0.4, -0.2) is 36.5 Å². The van der Waals surface area contributed by atoms with Gasteiger partial charge < -0.3 is 14.6 Å². The second-order valence-corrected chi connectivity index (χ2v) is 5.09. The van der Waals surface area contributed by atoms with Crippen molar-refractivity contribution in [2.24, 2.45) is 0 Å². The molecular formula is C15H20N2O2. The SMILES string of the molecule is CC(=O)Oc1ccc(C)c2[nH]cc(CCN(C)C)c12. The zero-order chi connectivity index (χ0) is 14.0. The van der Waals surface area contributed by atoms with Gasteiger partial charge in [-0.05, 0) is 44.6 Å². The van der Waals surface area contributed by atoms with E-state index < -0.39 is 0 Å². The molecule has 1 aromatic carbocycles. The maximum Gasteiger partial charge on any atom is 0.308 e. The summed E-state index contributed by atoms with van der Waals surface area (Å²) in [5, 5.41) is 1.03. The van der Waals surface area contributed by atoms with Gasteiger partial charge >= 0.3 is 5.97 Å². The van der Waals surface area contributed by atoms with Gasteiger partial charge in [0.25, 0.3) is 0 Å². The van der Waals surface area contributed by atoms with E-state index >= 15 is 0 Å². The third kappa shape index (κ3) is 2.96. The number of hydrogen-bond acceptors (Lipinski definition) is 3. The Morgan fingerprint density at radius 3 is 2.74 bits per heavy atom.